The van der Waals surface area contributed by atoms with E-state index >= 15 is 0 Å². The van der Waals surface area contributed by atoms with Crippen molar-refractivity contribution in [3.05, 3.63) is 59.7 Å². The van der Waals surface area contributed by atoms with Crippen molar-refractivity contribution in [2.45, 2.75) is 19.3 Å². The summed E-state index contributed by atoms with van der Waals surface area (Å²) < 4.78 is 10.7. The minimum atomic E-state index is -0.901. The van der Waals surface area contributed by atoms with Gasteiger partial charge in [-0.25, -0.2) is 4.79 Å². The van der Waals surface area contributed by atoms with E-state index in [0.717, 1.165) is 11.1 Å². The van der Waals surface area contributed by atoms with Crippen molar-refractivity contribution in [3.63, 3.8) is 0 Å². The van der Waals surface area contributed by atoms with E-state index in [-0.39, 0.29) is 57.1 Å². The maximum absolute atomic E-state index is 12.1. The Balaban J connectivity index is 1.33. The number of carbonyl (C=O) groups is 3. The van der Waals surface area contributed by atoms with E-state index in [1.165, 1.54) is 11.1 Å². The topological polar surface area (TPSA) is 114 Å². The fourth-order valence-corrected chi connectivity index (χ4v) is 3.75. The molecule has 2 aromatic carbocycles. The Morgan fingerprint density at radius 3 is 2.25 bits per heavy atom. The summed E-state index contributed by atoms with van der Waals surface area (Å²) in [7, 11) is 0. The zero-order valence-corrected chi connectivity index (χ0v) is 18.0. The van der Waals surface area contributed by atoms with Crippen molar-refractivity contribution in [3.8, 4) is 11.1 Å². The summed E-state index contributed by atoms with van der Waals surface area (Å²) >= 11 is 0. The molecule has 170 valence electrons. The van der Waals surface area contributed by atoms with Crippen LogP contribution in [0.1, 0.15) is 30.4 Å². The number of rotatable bonds is 11. The lowest BCUT2D eigenvalue weighted by Crippen LogP contribution is -2.34. The quantitative estimate of drug-likeness (QED) is 0.463. The van der Waals surface area contributed by atoms with Gasteiger partial charge in [0, 0.05) is 25.4 Å². The van der Waals surface area contributed by atoms with Crippen LogP contribution in [0.4, 0.5) is 4.79 Å². The van der Waals surface area contributed by atoms with Gasteiger partial charge in [-0.15, -0.1) is 0 Å². The number of carbonyl (C=O) groups excluding carboxylic acids is 2. The fourth-order valence-electron chi connectivity index (χ4n) is 3.75. The van der Waals surface area contributed by atoms with Crippen LogP contribution in [-0.4, -0.2) is 56.0 Å². The first-order valence-corrected chi connectivity index (χ1v) is 10.6. The highest BCUT2D eigenvalue weighted by molar-refractivity contribution is 5.79. The van der Waals surface area contributed by atoms with Gasteiger partial charge < -0.3 is 25.2 Å². The monoisotopic (exact) mass is 440 g/mol. The van der Waals surface area contributed by atoms with Crippen molar-refractivity contribution in [1.82, 2.24) is 10.6 Å². The van der Waals surface area contributed by atoms with Crippen molar-refractivity contribution >= 4 is 18.0 Å². The molecule has 0 saturated carbocycles. The second kappa shape index (κ2) is 11.3. The van der Waals surface area contributed by atoms with Crippen LogP contribution in [0.5, 0.6) is 0 Å². The zero-order chi connectivity index (χ0) is 22.9. The molecule has 32 heavy (non-hydrogen) atoms. The Hall–Kier alpha value is -3.39. The molecule has 3 rings (SSSR count). The summed E-state index contributed by atoms with van der Waals surface area (Å²) in [6.45, 7) is 2.45. The third-order valence-electron chi connectivity index (χ3n) is 5.26. The Labute approximate surface area is 186 Å². The highest BCUT2D eigenvalue weighted by atomic mass is 16.5. The second-order valence-corrected chi connectivity index (χ2v) is 7.81. The standard InChI is InChI=1S/C24H28N2O6/c1-16(12-23(28)29)13-26-22(27)15-31-11-10-25-24(30)32-14-21-19-8-4-2-6-17(19)18-7-3-5-9-20(18)21/h2-9,16,21H,10-15H2,1H3,(H,25,30)(H,26,27)(H,28,29). The molecule has 0 radical (unpaired) electrons. The number of aliphatic carboxylic acids is 1. The van der Waals surface area contributed by atoms with Crippen molar-refractivity contribution in [2.24, 2.45) is 5.92 Å². The molecule has 3 N–H and O–H groups in total. The number of hydrogen-bond acceptors (Lipinski definition) is 5. The van der Waals surface area contributed by atoms with Crippen LogP contribution in [0.25, 0.3) is 11.1 Å². The SMILES string of the molecule is CC(CNC(=O)COCCNC(=O)OCC1c2ccccc2-c2ccccc21)CC(=O)O. The van der Waals surface area contributed by atoms with Crippen LogP contribution in [0, 0.1) is 5.92 Å². The van der Waals surface area contributed by atoms with E-state index in [9.17, 15) is 14.4 Å². The van der Waals surface area contributed by atoms with E-state index in [1.54, 1.807) is 6.92 Å². The van der Waals surface area contributed by atoms with Crippen LogP contribution < -0.4 is 10.6 Å². The number of carboxylic acids is 1. The zero-order valence-electron chi connectivity index (χ0n) is 18.0. The molecule has 0 spiro atoms. The predicted octanol–water partition coefficient (Wildman–Crippen LogP) is 2.77. The normalized spacial score (nSPS) is 13.0. The number of ether oxygens (including phenoxy) is 2. The molecule has 1 aliphatic rings. The van der Waals surface area contributed by atoms with Gasteiger partial charge in [-0.3, -0.25) is 9.59 Å². The van der Waals surface area contributed by atoms with Gasteiger partial charge in [0.15, 0.2) is 0 Å². The molecule has 0 heterocycles. The summed E-state index contributed by atoms with van der Waals surface area (Å²) in [6.07, 6.45) is -0.548. The number of amides is 2. The Morgan fingerprint density at radius 2 is 1.62 bits per heavy atom. The van der Waals surface area contributed by atoms with Gasteiger partial charge in [0.05, 0.1) is 6.61 Å². The number of benzene rings is 2. The highest BCUT2D eigenvalue weighted by Crippen LogP contribution is 2.44. The minimum Gasteiger partial charge on any atom is -0.481 e. The molecule has 2 amide bonds. The van der Waals surface area contributed by atoms with Crippen molar-refractivity contribution in [2.75, 3.05) is 32.9 Å². The lowest BCUT2D eigenvalue weighted by atomic mass is 9.98. The molecule has 1 atom stereocenters. The number of nitrogens with one attached hydrogen (secondary N) is 2. The van der Waals surface area contributed by atoms with E-state index < -0.39 is 12.1 Å². The van der Waals surface area contributed by atoms with Gasteiger partial charge in [-0.05, 0) is 28.2 Å². The lowest BCUT2D eigenvalue weighted by Gasteiger charge is -2.14. The van der Waals surface area contributed by atoms with Crippen LogP contribution in [-0.2, 0) is 19.1 Å². The highest BCUT2D eigenvalue weighted by Gasteiger charge is 2.28. The first-order chi connectivity index (χ1) is 15.5. The molecular weight excluding hydrogens is 412 g/mol. The van der Waals surface area contributed by atoms with E-state index in [4.69, 9.17) is 14.6 Å². The molecule has 1 unspecified atom stereocenters. The first kappa shape index (κ1) is 23.3. The van der Waals surface area contributed by atoms with Crippen LogP contribution >= 0.6 is 0 Å². The maximum atomic E-state index is 12.1. The molecule has 8 heteroatoms. The maximum Gasteiger partial charge on any atom is 0.407 e. The van der Waals surface area contributed by atoms with Gasteiger partial charge in [-0.1, -0.05) is 55.5 Å². The lowest BCUT2D eigenvalue weighted by molar-refractivity contribution is -0.138. The predicted molar refractivity (Wildman–Crippen MR) is 118 cm³/mol. The number of fused-ring (bicyclic) bond motifs is 3. The van der Waals surface area contributed by atoms with Crippen LogP contribution in [0.3, 0.4) is 0 Å². The summed E-state index contributed by atoms with van der Waals surface area (Å²) in [5, 5.41) is 13.9. The molecule has 0 bridgehead atoms. The van der Waals surface area contributed by atoms with E-state index in [2.05, 4.69) is 34.9 Å². The summed E-state index contributed by atoms with van der Waals surface area (Å²) in [4.78, 5) is 34.4. The Morgan fingerprint density at radius 1 is 1.00 bits per heavy atom. The van der Waals surface area contributed by atoms with E-state index in [1.807, 2.05) is 24.3 Å². The number of carboxylic acid groups (broad SMARTS) is 1. The smallest absolute Gasteiger partial charge is 0.407 e. The van der Waals surface area contributed by atoms with Gasteiger partial charge >= 0.3 is 12.1 Å². The van der Waals surface area contributed by atoms with Gasteiger partial charge in [0.25, 0.3) is 0 Å². The average molecular weight is 440 g/mol. The third-order valence-corrected chi connectivity index (χ3v) is 5.26. The molecule has 1 aliphatic carbocycles. The van der Waals surface area contributed by atoms with Gasteiger partial charge in [0.2, 0.25) is 5.91 Å². The number of alkyl carbamates (subject to hydrolysis) is 1. The fraction of sp³-hybridized carbons (Fsp3) is 0.375. The molecule has 2 aromatic rings. The number of hydrogen-bond donors (Lipinski definition) is 3. The van der Waals surface area contributed by atoms with Crippen LogP contribution in [0.15, 0.2) is 48.5 Å². The Kier molecular flexibility index (Phi) is 8.21. The summed E-state index contributed by atoms with van der Waals surface area (Å²) in [5.41, 5.74) is 4.63. The molecule has 0 aliphatic heterocycles. The Bertz CT molecular complexity index is 916. The molecule has 0 aromatic heterocycles. The van der Waals surface area contributed by atoms with Crippen molar-refractivity contribution < 1.29 is 29.0 Å². The average Bonchev–Trinajstić information content (AvgIpc) is 3.09. The second-order valence-electron chi connectivity index (χ2n) is 7.81. The molecule has 8 nitrogen and oxygen atoms in total. The van der Waals surface area contributed by atoms with Crippen LogP contribution in [0.2, 0.25) is 0 Å². The van der Waals surface area contributed by atoms with Gasteiger partial charge in [-0.2, -0.15) is 0 Å². The largest absolute Gasteiger partial charge is 0.481 e. The summed E-state index contributed by atoms with van der Waals surface area (Å²) in [6, 6.07) is 16.2. The van der Waals surface area contributed by atoms with Gasteiger partial charge in [0.1, 0.15) is 13.2 Å². The van der Waals surface area contributed by atoms with Crippen molar-refractivity contribution in [1.29, 1.82) is 0 Å². The molecule has 0 fully saturated rings. The molecular formula is C24H28N2O6. The molecule has 0 saturated heterocycles. The third kappa shape index (κ3) is 6.31. The van der Waals surface area contributed by atoms with E-state index in [0.29, 0.717) is 0 Å². The first-order valence-electron chi connectivity index (χ1n) is 10.6. The minimum absolute atomic E-state index is 0.00313. The summed E-state index contributed by atoms with van der Waals surface area (Å²) in [5.74, 6) is -1.39.